The number of hydrogen-bond acceptors (Lipinski definition) is 6. The number of aromatic carboxylic acids is 1. The van der Waals surface area contributed by atoms with Gasteiger partial charge in [-0.2, -0.15) is 10.1 Å². The molecule has 1 atom stereocenters. The van der Waals surface area contributed by atoms with Crippen LogP contribution in [0.5, 0.6) is 0 Å². The Morgan fingerprint density at radius 1 is 1.14 bits per heavy atom. The highest BCUT2D eigenvalue weighted by Gasteiger charge is 2.29. The van der Waals surface area contributed by atoms with Gasteiger partial charge in [0.15, 0.2) is 0 Å². The van der Waals surface area contributed by atoms with Gasteiger partial charge in [0, 0.05) is 35.3 Å². The van der Waals surface area contributed by atoms with E-state index in [4.69, 9.17) is 9.84 Å². The fourth-order valence-electron chi connectivity index (χ4n) is 4.04. The van der Waals surface area contributed by atoms with E-state index in [2.05, 4.69) is 10.4 Å². The number of rotatable bonds is 6. The third-order valence-electron chi connectivity index (χ3n) is 5.87. The van der Waals surface area contributed by atoms with Crippen molar-refractivity contribution in [2.24, 2.45) is 5.10 Å². The minimum atomic E-state index is -1.06. The van der Waals surface area contributed by atoms with Gasteiger partial charge in [-0.05, 0) is 62.4 Å². The Labute approximate surface area is 206 Å². The highest BCUT2D eigenvalue weighted by atomic mass is 16.5. The van der Waals surface area contributed by atoms with E-state index in [0.29, 0.717) is 28.2 Å². The van der Waals surface area contributed by atoms with Gasteiger partial charge in [0.1, 0.15) is 6.04 Å². The van der Waals surface area contributed by atoms with Crippen LogP contribution in [0.3, 0.4) is 0 Å². The maximum Gasteiger partial charge on any atom is 0.335 e. The molecule has 0 saturated carbocycles. The third kappa shape index (κ3) is 4.48. The number of esters is 1. The average Bonchev–Trinajstić information content (AvgIpc) is 3.35. The minimum absolute atomic E-state index is 0.101. The van der Waals surface area contributed by atoms with E-state index in [-0.39, 0.29) is 17.4 Å². The summed E-state index contributed by atoms with van der Waals surface area (Å²) in [5.41, 5.74) is 3.28. The number of nitrogens with one attached hydrogen (secondary N) is 1. The molecule has 0 bridgehead atoms. The second-order valence-electron chi connectivity index (χ2n) is 8.32. The molecule has 2 heterocycles. The summed E-state index contributed by atoms with van der Waals surface area (Å²) in [4.78, 5) is 48.2. The van der Waals surface area contributed by atoms with Gasteiger partial charge in [-0.25, -0.2) is 9.59 Å². The lowest BCUT2D eigenvalue weighted by molar-refractivity contribution is -0.143. The van der Waals surface area contributed by atoms with E-state index in [1.807, 2.05) is 0 Å². The molecule has 184 valence electrons. The lowest BCUT2D eigenvalue weighted by Crippen LogP contribution is -2.21. The molecule has 0 spiro atoms. The van der Waals surface area contributed by atoms with Crippen molar-refractivity contribution < 1.29 is 29.0 Å². The number of amides is 2. The van der Waals surface area contributed by atoms with Crippen LogP contribution in [0.1, 0.15) is 42.7 Å². The number of benzene rings is 2. The molecule has 0 fully saturated rings. The number of aromatic nitrogens is 1. The molecule has 1 aromatic heterocycles. The Kier molecular flexibility index (Phi) is 6.43. The summed E-state index contributed by atoms with van der Waals surface area (Å²) >= 11 is 0. The van der Waals surface area contributed by atoms with Gasteiger partial charge in [0.25, 0.3) is 5.91 Å². The maximum atomic E-state index is 13.3. The normalized spacial score (nSPS) is 15.2. The molecule has 1 unspecified atom stereocenters. The molecular formula is C26H24N4O6. The number of carboxylic acid groups (broad SMARTS) is 1. The number of carbonyl (C=O) groups excluding carboxylic acids is 3. The number of fused-ring (bicyclic) bond motifs is 1. The molecule has 2 aromatic carbocycles. The van der Waals surface area contributed by atoms with Crippen LogP contribution in [-0.4, -0.2) is 46.2 Å². The summed E-state index contributed by atoms with van der Waals surface area (Å²) in [5, 5.41) is 18.2. The molecule has 36 heavy (non-hydrogen) atoms. The quantitative estimate of drug-likeness (QED) is 0.401. The second-order valence-corrected chi connectivity index (χ2v) is 8.32. The van der Waals surface area contributed by atoms with E-state index < -0.39 is 18.0 Å². The Balaban J connectivity index is 1.78. The zero-order valence-corrected chi connectivity index (χ0v) is 20.1. The second kappa shape index (κ2) is 9.49. The van der Waals surface area contributed by atoms with E-state index in [1.54, 1.807) is 48.9 Å². The minimum Gasteiger partial charge on any atom is -0.478 e. The van der Waals surface area contributed by atoms with Gasteiger partial charge >= 0.3 is 11.9 Å². The molecule has 1 aliphatic heterocycles. The van der Waals surface area contributed by atoms with Crippen molar-refractivity contribution in [2.75, 3.05) is 17.4 Å². The Hall–Kier alpha value is -4.73. The summed E-state index contributed by atoms with van der Waals surface area (Å²) in [7, 11) is 1.32. The molecule has 2 amide bonds. The predicted octanol–water partition coefficient (Wildman–Crippen LogP) is 3.84. The number of nitrogens with zero attached hydrogens (tertiary/aromatic N) is 3. The summed E-state index contributed by atoms with van der Waals surface area (Å²) in [6, 6.07) is 10.5. The van der Waals surface area contributed by atoms with Gasteiger partial charge in [0.2, 0.25) is 5.91 Å². The van der Waals surface area contributed by atoms with Gasteiger partial charge in [0.05, 0.1) is 29.6 Å². The first kappa shape index (κ1) is 24.4. The van der Waals surface area contributed by atoms with E-state index in [0.717, 1.165) is 10.9 Å². The number of ether oxygens (including phenoxy) is 1. The van der Waals surface area contributed by atoms with Crippen LogP contribution in [0.4, 0.5) is 11.4 Å². The third-order valence-corrected chi connectivity index (χ3v) is 5.87. The topological polar surface area (TPSA) is 130 Å². The first-order valence-corrected chi connectivity index (χ1v) is 11.1. The van der Waals surface area contributed by atoms with Crippen LogP contribution in [0, 0.1) is 0 Å². The Morgan fingerprint density at radius 2 is 1.83 bits per heavy atom. The summed E-state index contributed by atoms with van der Waals surface area (Å²) < 4.78 is 6.66. The molecule has 3 aromatic rings. The fourth-order valence-corrected chi connectivity index (χ4v) is 4.04. The molecule has 10 nitrogen and oxygen atoms in total. The maximum absolute atomic E-state index is 13.3. The Morgan fingerprint density at radius 3 is 2.44 bits per heavy atom. The summed E-state index contributed by atoms with van der Waals surface area (Å²) in [6.07, 6.45) is 3.44. The summed E-state index contributed by atoms with van der Waals surface area (Å²) in [5.74, 6) is -2.10. The molecular weight excluding hydrogens is 464 g/mol. The van der Waals surface area contributed by atoms with Crippen molar-refractivity contribution in [3.63, 3.8) is 0 Å². The van der Waals surface area contributed by atoms with Crippen molar-refractivity contribution in [1.82, 2.24) is 4.57 Å². The number of hydrogen-bond donors (Lipinski definition) is 2. The largest absolute Gasteiger partial charge is 0.478 e. The van der Waals surface area contributed by atoms with Gasteiger partial charge in [-0.3, -0.25) is 9.59 Å². The highest BCUT2D eigenvalue weighted by Crippen LogP contribution is 2.32. The number of methoxy groups -OCH3 is 1. The lowest BCUT2D eigenvalue weighted by Gasteiger charge is -2.13. The standard InChI is InChI=1S/C26H24N4O6/c1-14-21(24(32)30(28-14)20-8-5-17(6-9-20)25(33)34)11-18-13-29(15(2)26(35)36-4)23-10-7-19(12-22(18)23)27-16(3)31/h5-13,15H,1-4H3,(H,27,31)(H,33,34). The average molecular weight is 489 g/mol. The smallest absolute Gasteiger partial charge is 0.335 e. The van der Waals surface area contributed by atoms with Crippen LogP contribution >= 0.6 is 0 Å². The lowest BCUT2D eigenvalue weighted by atomic mass is 10.1. The van der Waals surface area contributed by atoms with Crippen molar-refractivity contribution in [2.45, 2.75) is 26.8 Å². The van der Waals surface area contributed by atoms with Crippen LogP contribution in [0.2, 0.25) is 0 Å². The fraction of sp³-hybridized carbons (Fsp3) is 0.192. The first-order chi connectivity index (χ1) is 17.1. The summed E-state index contributed by atoms with van der Waals surface area (Å²) in [6.45, 7) is 4.82. The van der Waals surface area contributed by atoms with Crippen LogP contribution in [-0.2, 0) is 19.1 Å². The van der Waals surface area contributed by atoms with Crippen LogP contribution < -0.4 is 10.3 Å². The van der Waals surface area contributed by atoms with Crippen molar-refractivity contribution in [3.8, 4) is 0 Å². The molecule has 0 aliphatic carbocycles. The zero-order chi connectivity index (χ0) is 26.1. The molecule has 4 rings (SSSR count). The molecule has 0 radical (unpaired) electrons. The van der Waals surface area contributed by atoms with Gasteiger partial charge in [-0.1, -0.05) is 0 Å². The highest BCUT2D eigenvalue weighted by molar-refractivity contribution is 6.32. The van der Waals surface area contributed by atoms with Crippen LogP contribution in [0.25, 0.3) is 17.0 Å². The van der Waals surface area contributed by atoms with Gasteiger partial charge < -0.3 is 19.7 Å². The van der Waals surface area contributed by atoms with Crippen molar-refractivity contribution in [3.05, 3.63) is 65.4 Å². The molecule has 2 N–H and O–H groups in total. The monoisotopic (exact) mass is 488 g/mol. The van der Waals surface area contributed by atoms with E-state index in [9.17, 15) is 19.2 Å². The number of hydrazone groups is 1. The van der Waals surface area contributed by atoms with Crippen molar-refractivity contribution >= 4 is 57.8 Å². The van der Waals surface area contributed by atoms with Crippen LogP contribution in [0.15, 0.2) is 59.3 Å². The Bertz CT molecular complexity index is 1470. The number of carboxylic acids is 1. The van der Waals surface area contributed by atoms with Gasteiger partial charge in [-0.15, -0.1) is 0 Å². The zero-order valence-electron chi connectivity index (χ0n) is 20.1. The van der Waals surface area contributed by atoms with E-state index >= 15 is 0 Å². The molecule has 0 saturated heterocycles. The number of carbonyl (C=O) groups is 4. The predicted molar refractivity (Wildman–Crippen MR) is 135 cm³/mol. The van der Waals surface area contributed by atoms with E-state index in [1.165, 1.54) is 43.3 Å². The molecule has 10 heteroatoms. The van der Waals surface area contributed by atoms with Crippen molar-refractivity contribution in [1.29, 1.82) is 0 Å². The molecule has 1 aliphatic rings. The number of anilines is 2. The first-order valence-electron chi connectivity index (χ1n) is 11.1. The SMILES string of the molecule is COC(=O)C(C)n1cc(C=C2C(=O)N(c3ccc(C(=O)O)cc3)N=C2C)c2cc(NC(C)=O)ccc21.